The highest BCUT2D eigenvalue weighted by Crippen LogP contribution is 2.18. The van der Waals surface area contributed by atoms with Crippen molar-refractivity contribution in [3.63, 3.8) is 0 Å². The van der Waals surface area contributed by atoms with Crippen molar-refractivity contribution in [1.82, 2.24) is 0 Å². The van der Waals surface area contributed by atoms with Gasteiger partial charge in [-0.3, -0.25) is 4.79 Å². The van der Waals surface area contributed by atoms with E-state index in [0.29, 0.717) is 24.7 Å². The topological polar surface area (TPSA) is 35.5 Å². The number of rotatable bonds is 7. The quantitative estimate of drug-likeness (QED) is 0.757. The number of hydrogen-bond donors (Lipinski definition) is 0. The van der Waals surface area contributed by atoms with Crippen molar-refractivity contribution < 1.29 is 14.3 Å². The Labute approximate surface area is 114 Å². The molecule has 1 atom stereocenters. The van der Waals surface area contributed by atoms with Crippen LogP contribution in [-0.2, 0) is 16.0 Å². The summed E-state index contributed by atoms with van der Waals surface area (Å²) in [7, 11) is 1.64. The Hall–Kier alpha value is -1.35. The van der Waals surface area contributed by atoms with Crippen LogP contribution in [0.3, 0.4) is 0 Å². The van der Waals surface area contributed by atoms with Gasteiger partial charge in [0, 0.05) is 19.4 Å². The maximum absolute atomic E-state index is 11.9. The van der Waals surface area contributed by atoms with Crippen molar-refractivity contribution in [2.75, 3.05) is 13.7 Å². The summed E-state index contributed by atoms with van der Waals surface area (Å²) in [6.07, 6.45) is 5.88. The number of ketones is 1. The molecule has 3 nitrogen and oxygen atoms in total. The first-order valence-electron chi connectivity index (χ1n) is 7.04. The number of benzene rings is 1. The highest BCUT2D eigenvalue weighted by atomic mass is 16.5. The predicted molar refractivity (Wildman–Crippen MR) is 74.5 cm³/mol. The maximum atomic E-state index is 11.9. The molecule has 1 aliphatic heterocycles. The van der Waals surface area contributed by atoms with Gasteiger partial charge in [0.05, 0.1) is 13.2 Å². The third-order valence-corrected chi connectivity index (χ3v) is 3.57. The fraction of sp³-hybridized carbons (Fsp3) is 0.562. The fourth-order valence-electron chi connectivity index (χ4n) is 2.46. The number of carbonyl (C=O) groups is 1. The Morgan fingerprint density at radius 1 is 1.37 bits per heavy atom. The second-order valence-corrected chi connectivity index (χ2v) is 5.09. The van der Waals surface area contributed by atoms with E-state index in [-0.39, 0.29) is 0 Å². The lowest BCUT2D eigenvalue weighted by atomic mass is 10.0. The Kier molecular flexibility index (Phi) is 5.40. The average Bonchev–Trinajstić information content (AvgIpc) is 2.93. The largest absolute Gasteiger partial charge is 0.497 e. The van der Waals surface area contributed by atoms with Crippen molar-refractivity contribution in [2.45, 2.75) is 44.6 Å². The molecule has 1 aromatic carbocycles. The Morgan fingerprint density at radius 2 is 2.16 bits per heavy atom. The highest BCUT2D eigenvalue weighted by molar-refractivity contribution is 5.80. The number of Topliss-reactive ketones (excluding diaryl/α,β-unsaturated/α-hetero) is 1. The summed E-state index contributed by atoms with van der Waals surface area (Å²) < 4.78 is 10.7. The lowest BCUT2D eigenvalue weighted by Gasteiger charge is -2.08. The van der Waals surface area contributed by atoms with E-state index >= 15 is 0 Å². The van der Waals surface area contributed by atoms with Gasteiger partial charge < -0.3 is 9.47 Å². The molecule has 1 heterocycles. The third-order valence-electron chi connectivity index (χ3n) is 3.57. The second-order valence-electron chi connectivity index (χ2n) is 5.09. The molecular weight excluding hydrogens is 240 g/mol. The van der Waals surface area contributed by atoms with Crippen LogP contribution < -0.4 is 4.74 Å². The van der Waals surface area contributed by atoms with Gasteiger partial charge in [0.2, 0.25) is 0 Å². The molecule has 1 aromatic rings. The molecule has 0 amide bonds. The zero-order valence-corrected chi connectivity index (χ0v) is 11.6. The van der Waals surface area contributed by atoms with Crippen molar-refractivity contribution in [1.29, 1.82) is 0 Å². The Balaban J connectivity index is 1.68. The van der Waals surface area contributed by atoms with Crippen LogP contribution in [0.25, 0.3) is 0 Å². The SMILES string of the molecule is COc1ccc(CC(=O)CCCC2CCCO2)cc1. The minimum absolute atomic E-state index is 0.308. The van der Waals surface area contributed by atoms with E-state index in [9.17, 15) is 4.79 Å². The third kappa shape index (κ3) is 4.67. The fourth-order valence-corrected chi connectivity index (χ4v) is 2.46. The molecule has 0 N–H and O–H groups in total. The average molecular weight is 262 g/mol. The molecule has 0 spiro atoms. The molecule has 1 unspecified atom stereocenters. The monoisotopic (exact) mass is 262 g/mol. The minimum atomic E-state index is 0.308. The van der Waals surface area contributed by atoms with Gasteiger partial charge in [0.25, 0.3) is 0 Å². The van der Waals surface area contributed by atoms with Crippen LogP contribution >= 0.6 is 0 Å². The molecule has 2 rings (SSSR count). The predicted octanol–water partition coefficient (Wildman–Crippen LogP) is 3.16. The smallest absolute Gasteiger partial charge is 0.137 e. The molecule has 0 aromatic heterocycles. The van der Waals surface area contributed by atoms with Gasteiger partial charge >= 0.3 is 0 Å². The second kappa shape index (κ2) is 7.29. The molecule has 0 aliphatic carbocycles. The summed E-state index contributed by atoms with van der Waals surface area (Å²) in [5.41, 5.74) is 1.06. The van der Waals surface area contributed by atoms with Crippen LogP contribution in [0.15, 0.2) is 24.3 Å². The van der Waals surface area contributed by atoms with E-state index < -0.39 is 0 Å². The first-order chi connectivity index (χ1) is 9.28. The highest BCUT2D eigenvalue weighted by Gasteiger charge is 2.15. The molecule has 1 fully saturated rings. The lowest BCUT2D eigenvalue weighted by Crippen LogP contribution is -2.07. The molecule has 1 aliphatic rings. The van der Waals surface area contributed by atoms with Crippen LogP contribution in [0.5, 0.6) is 5.75 Å². The van der Waals surface area contributed by atoms with Crippen molar-refractivity contribution >= 4 is 5.78 Å². The van der Waals surface area contributed by atoms with Gasteiger partial charge in [-0.15, -0.1) is 0 Å². The van der Waals surface area contributed by atoms with Crippen LogP contribution in [0.4, 0.5) is 0 Å². The van der Waals surface area contributed by atoms with Gasteiger partial charge in [-0.2, -0.15) is 0 Å². The molecule has 104 valence electrons. The van der Waals surface area contributed by atoms with E-state index in [1.165, 1.54) is 6.42 Å². The number of hydrogen-bond acceptors (Lipinski definition) is 3. The molecule has 0 saturated carbocycles. The summed E-state index contributed by atoms with van der Waals surface area (Å²) in [6.45, 7) is 0.893. The van der Waals surface area contributed by atoms with Gasteiger partial charge in [-0.25, -0.2) is 0 Å². The van der Waals surface area contributed by atoms with E-state index in [1.54, 1.807) is 7.11 Å². The van der Waals surface area contributed by atoms with E-state index in [2.05, 4.69) is 0 Å². The number of methoxy groups -OCH3 is 1. The molecule has 1 saturated heterocycles. The zero-order valence-electron chi connectivity index (χ0n) is 11.6. The Bertz CT molecular complexity index is 391. The van der Waals surface area contributed by atoms with Crippen molar-refractivity contribution in [3.8, 4) is 5.75 Å². The van der Waals surface area contributed by atoms with Gasteiger partial charge in [0.1, 0.15) is 11.5 Å². The first kappa shape index (κ1) is 14.1. The number of ether oxygens (including phenoxy) is 2. The lowest BCUT2D eigenvalue weighted by molar-refractivity contribution is -0.118. The van der Waals surface area contributed by atoms with E-state index in [0.717, 1.165) is 37.2 Å². The Morgan fingerprint density at radius 3 is 2.79 bits per heavy atom. The summed E-state index contributed by atoms with van der Waals surface area (Å²) in [6, 6.07) is 7.71. The molecule has 0 bridgehead atoms. The summed E-state index contributed by atoms with van der Waals surface area (Å²) in [5.74, 6) is 1.14. The van der Waals surface area contributed by atoms with Crippen LogP contribution in [0.2, 0.25) is 0 Å². The van der Waals surface area contributed by atoms with Crippen molar-refractivity contribution in [3.05, 3.63) is 29.8 Å². The summed E-state index contributed by atoms with van der Waals surface area (Å²) >= 11 is 0. The van der Waals surface area contributed by atoms with Crippen LogP contribution in [0.1, 0.15) is 37.7 Å². The van der Waals surface area contributed by atoms with Gasteiger partial charge in [0.15, 0.2) is 0 Å². The van der Waals surface area contributed by atoms with Crippen LogP contribution in [-0.4, -0.2) is 25.6 Å². The minimum Gasteiger partial charge on any atom is -0.497 e. The molecule has 3 heteroatoms. The molecule has 0 radical (unpaired) electrons. The number of carbonyl (C=O) groups excluding carboxylic acids is 1. The molecular formula is C16H22O3. The van der Waals surface area contributed by atoms with E-state index in [1.807, 2.05) is 24.3 Å². The van der Waals surface area contributed by atoms with Gasteiger partial charge in [-0.05, 0) is 43.4 Å². The summed E-state index contributed by atoms with van der Waals surface area (Å²) in [5, 5.41) is 0. The van der Waals surface area contributed by atoms with Crippen molar-refractivity contribution in [2.24, 2.45) is 0 Å². The van der Waals surface area contributed by atoms with Gasteiger partial charge in [-0.1, -0.05) is 12.1 Å². The normalized spacial score (nSPS) is 18.5. The first-order valence-corrected chi connectivity index (χ1v) is 7.04. The zero-order chi connectivity index (χ0) is 13.5. The van der Waals surface area contributed by atoms with Crippen LogP contribution in [0, 0.1) is 0 Å². The standard InChI is InChI=1S/C16H22O3/c1-18-15-9-7-13(8-10-15)12-14(17)4-2-5-16-6-3-11-19-16/h7-10,16H,2-6,11-12H2,1H3. The summed E-state index contributed by atoms with van der Waals surface area (Å²) in [4.78, 5) is 11.9. The maximum Gasteiger partial charge on any atom is 0.137 e. The van der Waals surface area contributed by atoms with E-state index in [4.69, 9.17) is 9.47 Å². The molecule has 19 heavy (non-hydrogen) atoms.